The fourth-order valence-electron chi connectivity index (χ4n) is 2.92. The molecule has 0 aliphatic heterocycles. The summed E-state index contributed by atoms with van der Waals surface area (Å²) in [5, 5.41) is 12.6. The summed E-state index contributed by atoms with van der Waals surface area (Å²) >= 11 is 0. The van der Waals surface area contributed by atoms with E-state index in [4.69, 9.17) is 0 Å². The Labute approximate surface area is 151 Å². The van der Waals surface area contributed by atoms with Gasteiger partial charge in [-0.05, 0) is 48.1 Å². The Morgan fingerprint density at radius 2 is 1.77 bits per heavy atom. The van der Waals surface area contributed by atoms with Crippen molar-refractivity contribution in [2.45, 2.75) is 38.5 Å². The molecule has 0 fully saturated rings. The average molecular weight is 351 g/mol. The van der Waals surface area contributed by atoms with Crippen molar-refractivity contribution >= 4 is 11.6 Å². The molecule has 0 amide bonds. The molecule has 0 unspecified atom stereocenters. The Kier molecular flexibility index (Phi) is 6.03. The van der Waals surface area contributed by atoms with E-state index in [0.717, 1.165) is 43.4 Å². The van der Waals surface area contributed by atoms with Crippen molar-refractivity contribution in [2.75, 3.05) is 0 Å². The predicted octanol–water partition coefficient (Wildman–Crippen LogP) is 2.48. The van der Waals surface area contributed by atoms with Crippen LogP contribution in [0.15, 0.2) is 42.6 Å². The molecule has 7 heteroatoms. The molecule has 7 nitrogen and oxygen atoms in total. The number of Topliss-reactive ketones (excluding diaryl/α,β-unsaturated/α-hetero) is 2. The minimum absolute atomic E-state index is 0.0275. The lowest BCUT2D eigenvalue weighted by Gasteiger charge is -2.04. The lowest BCUT2D eigenvalue weighted by Crippen LogP contribution is -2.19. The van der Waals surface area contributed by atoms with Crippen LogP contribution in [0.4, 0.5) is 0 Å². The van der Waals surface area contributed by atoms with Crippen LogP contribution in [0.1, 0.15) is 46.7 Å². The molecule has 0 bridgehead atoms. The summed E-state index contributed by atoms with van der Waals surface area (Å²) in [6.07, 6.45) is 7.11. The number of ketones is 2. The fraction of sp³-hybridized carbons (Fsp3) is 0.316. The molecule has 0 atom stereocenters. The number of hydrogen-bond acceptors (Lipinski definition) is 5. The molecule has 1 aromatic carbocycles. The van der Waals surface area contributed by atoms with Gasteiger partial charge in [0.15, 0.2) is 0 Å². The minimum Gasteiger partial charge on any atom is -0.364 e. The number of rotatable bonds is 10. The summed E-state index contributed by atoms with van der Waals surface area (Å²) in [6.45, 7) is 0. The summed E-state index contributed by atoms with van der Waals surface area (Å²) in [5.41, 5.74) is 3.23. The molecule has 0 aliphatic rings. The number of aromatic amines is 2. The largest absolute Gasteiger partial charge is 0.364 e. The Morgan fingerprint density at radius 3 is 2.54 bits per heavy atom. The van der Waals surface area contributed by atoms with Crippen LogP contribution in [0.25, 0.3) is 0 Å². The van der Waals surface area contributed by atoms with Crippen molar-refractivity contribution in [3.05, 3.63) is 65.2 Å². The Morgan fingerprint density at radius 1 is 0.962 bits per heavy atom. The van der Waals surface area contributed by atoms with Crippen LogP contribution in [0.2, 0.25) is 0 Å². The predicted molar refractivity (Wildman–Crippen MR) is 95.7 cm³/mol. The average Bonchev–Trinajstić information content (AvgIpc) is 3.34. The second kappa shape index (κ2) is 8.84. The van der Waals surface area contributed by atoms with E-state index >= 15 is 0 Å². The fourth-order valence-corrected chi connectivity index (χ4v) is 2.92. The maximum atomic E-state index is 12.1. The SMILES string of the molecule is O=C(Cc1[nH]ccc1CCCCCc1ccccc1)C(=O)c1nn[nH]n1. The molecule has 134 valence electrons. The summed E-state index contributed by atoms with van der Waals surface area (Å²) in [5.74, 6) is -1.45. The minimum atomic E-state index is -0.720. The molecular formula is C19H21N5O2. The zero-order valence-corrected chi connectivity index (χ0v) is 14.4. The van der Waals surface area contributed by atoms with Crippen molar-refractivity contribution in [3.63, 3.8) is 0 Å². The number of hydrogen-bond donors (Lipinski definition) is 2. The van der Waals surface area contributed by atoms with Crippen molar-refractivity contribution < 1.29 is 9.59 Å². The molecule has 0 spiro atoms. The highest BCUT2D eigenvalue weighted by atomic mass is 16.2. The molecule has 3 rings (SSSR count). The van der Waals surface area contributed by atoms with Gasteiger partial charge in [0.05, 0.1) is 6.42 Å². The smallest absolute Gasteiger partial charge is 0.269 e. The van der Waals surface area contributed by atoms with E-state index in [9.17, 15) is 9.59 Å². The molecule has 0 saturated heterocycles. The van der Waals surface area contributed by atoms with E-state index in [-0.39, 0.29) is 12.2 Å². The molecule has 3 aromatic rings. The van der Waals surface area contributed by atoms with Gasteiger partial charge in [-0.1, -0.05) is 36.8 Å². The van der Waals surface area contributed by atoms with Crippen LogP contribution < -0.4 is 0 Å². The summed E-state index contributed by atoms with van der Waals surface area (Å²) in [6, 6.07) is 12.4. The van der Waals surface area contributed by atoms with Gasteiger partial charge >= 0.3 is 0 Å². The van der Waals surface area contributed by atoms with Crippen LogP contribution in [-0.2, 0) is 24.1 Å². The van der Waals surface area contributed by atoms with Crippen molar-refractivity contribution in [1.29, 1.82) is 0 Å². The Bertz CT molecular complexity index is 840. The number of aromatic nitrogens is 5. The van der Waals surface area contributed by atoms with Gasteiger partial charge in [0, 0.05) is 11.9 Å². The number of carbonyl (C=O) groups excluding carboxylic acids is 2. The number of tetrazole rings is 1. The first-order valence-corrected chi connectivity index (χ1v) is 8.74. The van der Waals surface area contributed by atoms with Gasteiger partial charge in [0.1, 0.15) is 0 Å². The second-order valence-corrected chi connectivity index (χ2v) is 6.19. The molecular weight excluding hydrogens is 330 g/mol. The number of nitrogens with zero attached hydrogens (tertiary/aromatic N) is 3. The lowest BCUT2D eigenvalue weighted by atomic mass is 10.0. The first kappa shape index (κ1) is 17.7. The number of unbranched alkanes of at least 4 members (excludes halogenated alkanes) is 2. The first-order valence-electron chi connectivity index (χ1n) is 8.74. The van der Waals surface area contributed by atoms with Gasteiger partial charge in [0.2, 0.25) is 11.6 Å². The molecule has 0 aliphatic carbocycles. The highest BCUT2D eigenvalue weighted by molar-refractivity contribution is 6.43. The van der Waals surface area contributed by atoms with E-state index in [1.807, 2.05) is 12.1 Å². The monoisotopic (exact) mass is 351 g/mol. The van der Waals surface area contributed by atoms with E-state index < -0.39 is 11.6 Å². The molecule has 2 heterocycles. The highest BCUT2D eigenvalue weighted by Crippen LogP contribution is 2.14. The molecule has 2 aromatic heterocycles. The quantitative estimate of drug-likeness (QED) is 0.332. The van der Waals surface area contributed by atoms with Gasteiger partial charge in [-0.3, -0.25) is 9.59 Å². The van der Waals surface area contributed by atoms with E-state index in [1.165, 1.54) is 5.56 Å². The van der Waals surface area contributed by atoms with Gasteiger partial charge < -0.3 is 4.98 Å². The number of carbonyl (C=O) groups is 2. The van der Waals surface area contributed by atoms with Crippen molar-refractivity contribution in [1.82, 2.24) is 25.6 Å². The summed E-state index contributed by atoms with van der Waals surface area (Å²) in [4.78, 5) is 27.1. The van der Waals surface area contributed by atoms with Crippen LogP contribution in [0, 0.1) is 0 Å². The third-order valence-electron chi connectivity index (χ3n) is 4.32. The number of aryl methyl sites for hydroxylation is 2. The van der Waals surface area contributed by atoms with Gasteiger partial charge in [-0.25, -0.2) is 0 Å². The zero-order valence-electron chi connectivity index (χ0n) is 14.4. The molecule has 0 radical (unpaired) electrons. The Hall–Kier alpha value is -3.09. The second-order valence-electron chi connectivity index (χ2n) is 6.19. The normalized spacial score (nSPS) is 10.8. The van der Waals surface area contributed by atoms with Crippen LogP contribution in [0.5, 0.6) is 0 Å². The number of nitrogens with one attached hydrogen (secondary N) is 2. The molecule has 26 heavy (non-hydrogen) atoms. The van der Waals surface area contributed by atoms with E-state index in [0.29, 0.717) is 0 Å². The van der Waals surface area contributed by atoms with Crippen LogP contribution >= 0.6 is 0 Å². The third-order valence-corrected chi connectivity index (χ3v) is 4.32. The van der Waals surface area contributed by atoms with Crippen LogP contribution in [0.3, 0.4) is 0 Å². The highest BCUT2D eigenvalue weighted by Gasteiger charge is 2.22. The summed E-state index contributed by atoms with van der Waals surface area (Å²) < 4.78 is 0. The first-order chi connectivity index (χ1) is 12.7. The molecule has 0 saturated carbocycles. The Balaban J connectivity index is 1.44. The van der Waals surface area contributed by atoms with Crippen molar-refractivity contribution in [3.8, 4) is 0 Å². The summed E-state index contributed by atoms with van der Waals surface area (Å²) in [7, 11) is 0. The van der Waals surface area contributed by atoms with Crippen molar-refractivity contribution in [2.24, 2.45) is 0 Å². The zero-order chi connectivity index (χ0) is 18.2. The number of benzene rings is 1. The maximum Gasteiger partial charge on any atom is 0.269 e. The maximum absolute atomic E-state index is 12.1. The van der Waals surface area contributed by atoms with Gasteiger partial charge in [0.25, 0.3) is 5.78 Å². The van der Waals surface area contributed by atoms with E-state index in [1.54, 1.807) is 6.20 Å². The van der Waals surface area contributed by atoms with E-state index in [2.05, 4.69) is 49.9 Å². The molecule has 2 N–H and O–H groups in total. The third kappa shape index (κ3) is 4.72. The van der Waals surface area contributed by atoms with Gasteiger partial charge in [-0.2, -0.15) is 5.21 Å². The lowest BCUT2D eigenvalue weighted by molar-refractivity contribution is -0.114. The standard InChI is InChI=1S/C19H21N5O2/c25-17(18(26)19-21-23-24-22-19)13-16-15(11-12-20-16)10-6-2-5-9-14-7-3-1-4-8-14/h1,3-4,7-8,11-12,20H,2,5-6,9-10,13H2,(H,21,22,23,24). The topological polar surface area (TPSA) is 104 Å². The number of H-pyrrole nitrogens is 2. The van der Waals surface area contributed by atoms with Gasteiger partial charge in [-0.15, -0.1) is 10.2 Å². The van der Waals surface area contributed by atoms with Crippen LogP contribution in [-0.4, -0.2) is 37.2 Å².